The zero-order chi connectivity index (χ0) is 19.6. The van der Waals surface area contributed by atoms with Gasteiger partial charge in [-0.1, -0.05) is 41.9 Å². The molecule has 1 aromatic carbocycles. The van der Waals surface area contributed by atoms with E-state index >= 15 is 0 Å². The molecule has 9 heteroatoms. The van der Waals surface area contributed by atoms with Crippen molar-refractivity contribution in [1.82, 2.24) is 16.1 Å². The number of hydroxylamine groups is 1. The van der Waals surface area contributed by atoms with Crippen LogP contribution < -0.4 is 21.4 Å². The first-order valence-corrected chi connectivity index (χ1v) is 9.74. The van der Waals surface area contributed by atoms with Crippen LogP contribution in [0.5, 0.6) is 0 Å². The van der Waals surface area contributed by atoms with E-state index in [0.29, 0.717) is 23.7 Å². The number of urea groups is 1. The highest BCUT2D eigenvalue weighted by molar-refractivity contribution is 7.19. The van der Waals surface area contributed by atoms with Crippen LogP contribution in [0.1, 0.15) is 31.4 Å². The Kier molecular flexibility index (Phi) is 8.38. The molecule has 0 bridgehead atoms. The molecule has 5 N–H and O–H groups in total. The van der Waals surface area contributed by atoms with E-state index < -0.39 is 11.9 Å². The molecular weight excluding hydrogens is 388 g/mol. The molecule has 0 aliphatic heterocycles. The molecule has 27 heavy (non-hydrogen) atoms. The van der Waals surface area contributed by atoms with Crippen LogP contribution in [-0.4, -0.2) is 29.7 Å². The lowest BCUT2D eigenvalue weighted by molar-refractivity contribution is -0.130. The highest BCUT2D eigenvalue weighted by atomic mass is 35.5. The first-order chi connectivity index (χ1) is 13.0. The number of benzene rings is 1. The average molecular weight is 411 g/mol. The van der Waals surface area contributed by atoms with Crippen LogP contribution in [-0.2, 0) is 4.79 Å². The topological polar surface area (TPSA) is 102 Å². The SMILES string of the molecule is C[C@@H](NC(=O)NCCC[C@@H](Nc1ccc(Cl)s1)C(=O)NO)c1ccccc1. The Morgan fingerprint density at radius 1 is 1.19 bits per heavy atom. The number of hydrogen-bond donors (Lipinski definition) is 5. The van der Waals surface area contributed by atoms with Crippen molar-refractivity contribution in [3.63, 3.8) is 0 Å². The molecule has 0 unspecified atom stereocenters. The van der Waals surface area contributed by atoms with Gasteiger partial charge >= 0.3 is 6.03 Å². The highest BCUT2D eigenvalue weighted by Crippen LogP contribution is 2.27. The zero-order valence-electron chi connectivity index (χ0n) is 14.9. The predicted octanol–water partition coefficient (Wildman–Crippen LogP) is 3.53. The van der Waals surface area contributed by atoms with Gasteiger partial charge in [-0.15, -0.1) is 11.3 Å². The quantitative estimate of drug-likeness (QED) is 0.248. The van der Waals surface area contributed by atoms with Crippen molar-refractivity contribution in [2.75, 3.05) is 11.9 Å². The van der Waals surface area contributed by atoms with Crippen molar-refractivity contribution in [1.29, 1.82) is 0 Å². The molecule has 146 valence electrons. The van der Waals surface area contributed by atoms with Gasteiger partial charge in [0.2, 0.25) is 0 Å². The van der Waals surface area contributed by atoms with Gasteiger partial charge in [-0.05, 0) is 37.5 Å². The Hall–Kier alpha value is -2.29. The lowest BCUT2D eigenvalue weighted by Gasteiger charge is -2.17. The van der Waals surface area contributed by atoms with Gasteiger partial charge in [0.15, 0.2) is 0 Å². The minimum Gasteiger partial charge on any atom is -0.365 e. The summed E-state index contributed by atoms with van der Waals surface area (Å²) in [7, 11) is 0. The molecule has 2 rings (SSSR count). The Morgan fingerprint density at radius 3 is 2.56 bits per heavy atom. The monoisotopic (exact) mass is 410 g/mol. The molecular formula is C18H23ClN4O3S. The van der Waals surface area contributed by atoms with Gasteiger partial charge in [0.05, 0.1) is 15.4 Å². The Morgan fingerprint density at radius 2 is 1.93 bits per heavy atom. The molecule has 2 aromatic rings. The van der Waals surface area contributed by atoms with E-state index in [2.05, 4.69) is 16.0 Å². The smallest absolute Gasteiger partial charge is 0.315 e. The number of anilines is 1. The number of rotatable bonds is 9. The van der Waals surface area contributed by atoms with Crippen LogP contribution in [0.15, 0.2) is 42.5 Å². The Labute approximate surface area is 167 Å². The third-order valence-electron chi connectivity index (χ3n) is 3.92. The fraction of sp³-hybridized carbons (Fsp3) is 0.333. The molecule has 3 amide bonds. The summed E-state index contributed by atoms with van der Waals surface area (Å²) in [4.78, 5) is 23.8. The summed E-state index contributed by atoms with van der Waals surface area (Å²) in [6.07, 6.45) is 0.980. The van der Waals surface area contributed by atoms with E-state index in [0.717, 1.165) is 10.6 Å². The minimum atomic E-state index is -0.627. The van der Waals surface area contributed by atoms with Crippen LogP contribution >= 0.6 is 22.9 Å². The predicted molar refractivity (Wildman–Crippen MR) is 107 cm³/mol. The first-order valence-electron chi connectivity index (χ1n) is 8.54. The number of amides is 3. The van der Waals surface area contributed by atoms with Gasteiger partial charge in [0.1, 0.15) is 6.04 Å². The lowest BCUT2D eigenvalue weighted by Crippen LogP contribution is -2.40. The van der Waals surface area contributed by atoms with Crippen LogP contribution in [0.25, 0.3) is 0 Å². The summed E-state index contributed by atoms with van der Waals surface area (Å²) in [5.74, 6) is -0.540. The number of carbonyl (C=O) groups excluding carboxylic acids is 2. The van der Waals surface area contributed by atoms with E-state index in [9.17, 15) is 9.59 Å². The van der Waals surface area contributed by atoms with Crippen molar-refractivity contribution in [3.8, 4) is 0 Å². The molecule has 0 spiro atoms. The van der Waals surface area contributed by atoms with Gasteiger partial charge in [-0.3, -0.25) is 10.0 Å². The second kappa shape index (κ2) is 10.8. The van der Waals surface area contributed by atoms with E-state index in [1.807, 2.05) is 37.3 Å². The Bertz CT molecular complexity index is 741. The largest absolute Gasteiger partial charge is 0.365 e. The summed E-state index contributed by atoms with van der Waals surface area (Å²) in [6.45, 7) is 2.31. The summed E-state index contributed by atoms with van der Waals surface area (Å²) < 4.78 is 0.603. The number of nitrogens with one attached hydrogen (secondary N) is 4. The van der Waals surface area contributed by atoms with Crippen molar-refractivity contribution in [3.05, 3.63) is 52.4 Å². The van der Waals surface area contributed by atoms with Gasteiger partial charge in [0, 0.05) is 6.54 Å². The zero-order valence-corrected chi connectivity index (χ0v) is 16.4. The molecule has 0 radical (unpaired) electrons. The molecule has 0 aliphatic rings. The van der Waals surface area contributed by atoms with Gasteiger partial charge in [0.25, 0.3) is 5.91 Å². The van der Waals surface area contributed by atoms with Crippen molar-refractivity contribution in [2.45, 2.75) is 31.8 Å². The van der Waals surface area contributed by atoms with E-state index in [1.54, 1.807) is 17.6 Å². The standard InChI is InChI=1S/C18H23ClN4O3S/c1-12(13-6-3-2-4-7-13)21-18(25)20-11-5-8-14(17(24)23-26)22-16-10-9-15(19)27-16/h2-4,6-7,9-10,12,14,22,26H,5,8,11H2,1H3,(H,23,24)(H2,20,21,25)/t12-,14-/m1/s1. The van der Waals surface area contributed by atoms with E-state index in [1.165, 1.54) is 11.3 Å². The Balaban J connectivity index is 1.74. The number of halogens is 1. The van der Waals surface area contributed by atoms with Gasteiger partial charge in [-0.25, -0.2) is 10.3 Å². The minimum absolute atomic E-state index is 0.107. The third-order valence-corrected chi connectivity index (χ3v) is 5.08. The third kappa shape index (κ3) is 7.09. The van der Waals surface area contributed by atoms with Crippen molar-refractivity contribution >= 4 is 39.9 Å². The number of carbonyl (C=O) groups is 2. The lowest BCUT2D eigenvalue weighted by atomic mass is 10.1. The first kappa shape index (κ1) is 21.0. The fourth-order valence-electron chi connectivity index (χ4n) is 2.49. The fourth-order valence-corrected chi connectivity index (χ4v) is 3.49. The summed E-state index contributed by atoms with van der Waals surface area (Å²) in [6, 6.07) is 12.2. The number of hydrogen-bond acceptors (Lipinski definition) is 5. The molecule has 0 aliphatic carbocycles. The van der Waals surface area contributed by atoms with Crippen LogP contribution in [0, 0.1) is 0 Å². The summed E-state index contributed by atoms with van der Waals surface area (Å²) in [5, 5.41) is 18.3. The van der Waals surface area contributed by atoms with E-state index in [-0.39, 0.29) is 12.1 Å². The highest BCUT2D eigenvalue weighted by Gasteiger charge is 2.18. The summed E-state index contributed by atoms with van der Waals surface area (Å²) in [5.41, 5.74) is 2.68. The molecule has 0 fully saturated rings. The average Bonchev–Trinajstić information content (AvgIpc) is 3.09. The van der Waals surface area contributed by atoms with Crippen LogP contribution in [0.3, 0.4) is 0 Å². The van der Waals surface area contributed by atoms with Crippen molar-refractivity contribution in [2.24, 2.45) is 0 Å². The molecule has 1 heterocycles. The summed E-state index contributed by atoms with van der Waals surface area (Å²) >= 11 is 7.18. The van der Waals surface area contributed by atoms with Crippen LogP contribution in [0.2, 0.25) is 4.34 Å². The molecule has 2 atom stereocenters. The second-order valence-electron chi connectivity index (χ2n) is 5.95. The van der Waals surface area contributed by atoms with Crippen LogP contribution in [0.4, 0.5) is 9.80 Å². The molecule has 0 saturated carbocycles. The second-order valence-corrected chi connectivity index (χ2v) is 7.67. The molecule has 1 aromatic heterocycles. The number of thiophene rings is 1. The van der Waals surface area contributed by atoms with Crippen molar-refractivity contribution < 1.29 is 14.8 Å². The molecule has 7 nitrogen and oxygen atoms in total. The molecule has 0 saturated heterocycles. The normalized spacial score (nSPS) is 12.7. The van der Waals surface area contributed by atoms with Gasteiger partial charge in [-0.2, -0.15) is 0 Å². The van der Waals surface area contributed by atoms with Gasteiger partial charge < -0.3 is 16.0 Å². The maximum absolute atomic E-state index is 12.0. The van der Waals surface area contributed by atoms with E-state index in [4.69, 9.17) is 16.8 Å². The maximum atomic E-state index is 12.0. The maximum Gasteiger partial charge on any atom is 0.315 e.